The van der Waals surface area contributed by atoms with Crippen LogP contribution in [0.4, 0.5) is 13.2 Å². The van der Waals surface area contributed by atoms with Gasteiger partial charge in [-0.15, -0.1) is 12.4 Å². The lowest BCUT2D eigenvalue weighted by atomic mass is 10.1. The third-order valence-corrected chi connectivity index (χ3v) is 4.23. The molecule has 166 valence electrons. The smallest absolute Gasteiger partial charge is 0.475 e. The minimum atomic E-state index is -5.08. The van der Waals surface area contributed by atoms with Crippen LogP contribution in [0.1, 0.15) is 97.8 Å². The molecule has 0 aromatic rings. The fraction of sp³-hybridized carbons (Fsp3) is 0.950. The maximum absolute atomic E-state index is 10.6. The Morgan fingerprint density at radius 3 is 1.15 bits per heavy atom. The van der Waals surface area contributed by atoms with Crippen LogP contribution in [-0.4, -0.2) is 41.8 Å². The Kier molecular flexibility index (Phi) is 25.2. The van der Waals surface area contributed by atoms with E-state index in [1.54, 1.807) is 0 Å². The van der Waals surface area contributed by atoms with Crippen molar-refractivity contribution in [1.29, 1.82) is 0 Å². The van der Waals surface area contributed by atoms with E-state index in [1.807, 2.05) is 0 Å². The van der Waals surface area contributed by atoms with Crippen molar-refractivity contribution in [3.05, 3.63) is 0 Å². The predicted octanol–water partition coefficient (Wildman–Crippen LogP) is 7.08. The predicted molar refractivity (Wildman–Crippen MR) is 110 cm³/mol. The number of carbonyl (C=O) groups is 1. The summed E-state index contributed by atoms with van der Waals surface area (Å²) < 4.78 is 31.7. The molecule has 27 heavy (non-hydrogen) atoms. The number of alkyl halides is 3. The summed E-state index contributed by atoms with van der Waals surface area (Å²) in [5.41, 5.74) is 0. The molecule has 0 saturated carbocycles. The fourth-order valence-electron chi connectivity index (χ4n) is 2.62. The number of carboxylic acids is 1. The minimum absolute atomic E-state index is 0. The van der Waals surface area contributed by atoms with Crippen molar-refractivity contribution in [3.63, 3.8) is 0 Å². The van der Waals surface area contributed by atoms with Gasteiger partial charge in [0.1, 0.15) is 0 Å². The van der Waals surface area contributed by atoms with Crippen LogP contribution in [0, 0.1) is 0 Å². The number of unbranched alkanes of at least 4 members (excludes halogenated alkanes) is 9. The summed E-state index contributed by atoms with van der Waals surface area (Å²) >= 11 is 0. The molecule has 3 nitrogen and oxygen atoms in total. The number of aliphatic carboxylic acids is 1. The minimum Gasteiger partial charge on any atom is -0.475 e. The Bertz CT molecular complexity index is 288. The first-order chi connectivity index (χ1) is 12.3. The molecule has 0 saturated heterocycles. The third-order valence-electron chi connectivity index (χ3n) is 4.23. The standard InChI is InChI=1S/C18H39N.C2HF3O2.ClH/c1-4-7-10-13-16-19(17-14-11-8-5-2)18-15-12-9-6-3;3-2(4,5)1(6)7;/h4-18H2,1-3H3;(H,6,7);1H. The molecule has 1 N–H and O–H groups in total. The summed E-state index contributed by atoms with van der Waals surface area (Å²) in [4.78, 5) is 11.6. The van der Waals surface area contributed by atoms with Gasteiger partial charge in [-0.1, -0.05) is 78.6 Å². The summed E-state index contributed by atoms with van der Waals surface area (Å²) in [6.07, 6.45) is 11.7. The van der Waals surface area contributed by atoms with E-state index in [1.165, 1.54) is 96.7 Å². The number of hydrogen-bond acceptors (Lipinski definition) is 2. The van der Waals surface area contributed by atoms with Crippen LogP contribution in [-0.2, 0) is 4.79 Å². The Morgan fingerprint density at radius 2 is 0.963 bits per heavy atom. The van der Waals surface area contributed by atoms with Crippen molar-refractivity contribution in [2.24, 2.45) is 0 Å². The molecular weight excluding hydrogens is 379 g/mol. The SMILES string of the molecule is CCCCCCN(CCCCCC)CCCCCC.Cl.O=C(O)C(F)(F)F. The highest BCUT2D eigenvalue weighted by atomic mass is 35.5. The van der Waals surface area contributed by atoms with Crippen LogP contribution in [0.3, 0.4) is 0 Å². The van der Waals surface area contributed by atoms with E-state index in [-0.39, 0.29) is 12.4 Å². The fourth-order valence-corrected chi connectivity index (χ4v) is 2.62. The van der Waals surface area contributed by atoms with Crippen molar-refractivity contribution in [2.45, 2.75) is 104 Å². The van der Waals surface area contributed by atoms with Gasteiger partial charge in [0.05, 0.1) is 0 Å². The average molecular weight is 420 g/mol. The van der Waals surface area contributed by atoms with Gasteiger partial charge in [-0.3, -0.25) is 0 Å². The van der Waals surface area contributed by atoms with Crippen molar-refractivity contribution < 1.29 is 23.1 Å². The number of carboxylic acid groups (broad SMARTS) is 1. The molecule has 0 aliphatic rings. The molecular formula is C20H41ClF3NO2. The Balaban J connectivity index is -0.000000612. The topological polar surface area (TPSA) is 40.5 Å². The molecule has 0 aromatic carbocycles. The molecule has 0 rings (SSSR count). The van der Waals surface area contributed by atoms with E-state index in [4.69, 9.17) is 9.90 Å². The average Bonchev–Trinajstić information content (AvgIpc) is 2.58. The van der Waals surface area contributed by atoms with E-state index in [0.717, 1.165) is 0 Å². The van der Waals surface area contributed by atoms with Gasteiger partial charge in [0.15, 0.2) is 0 Å². The summed E-state index contributed by atoms with van der Waals surface area (Å²) in [6, 6.07) is 0. The van der Waals surface area contributed by atoms with Gasteiger partial charge in [0.2, 0.25) is 0 Å². The summed E-state index contributed by atoms with van der Waals surface area (Å²) in [7, 11) is 0. The van der Waals surface area contributed by atoms with Crippen molar-refractivity contribution >= 4 is 18.4 Å². The van der Waals surface area contributed by atoms with Crippen molar-refractivity contribution in [2.75, 3.05) is 19.6 Å². The third kappa shape index (κ3) is 25.5. The quantitative estimate of drug-likeness (QED) is 0.288. The first-order valence-corrected chi connectivity index (χ1v) is 10.3. The Hall–Kier alpha value is -0.490. The normalized spacial score (nSPS) is 10.9. The zero-order valence-electron chi connectivity index (χ0n) is 17.5. The van der Waals surface area contributed by atoms with Gasteiger partial charge in [-0.25, -0.2) is 4.79 Å². The van der Waals surface area contributed by atoms with Crippen LogP contribution in [0.25, 0.3) is 0 Å². The molecule has 0 heterocycles. The molecule has 0 bridgehead atoms. The monoisotopic (exact) mass is 419 g/mol. The van der Waals surface area contributed by atoms with Crippen LogP contribution < -0.4 is 0 Å². The molecule has 0 aliphatic heterocycles. The highest BCUT2D eigenvalue weighted by Gasteiger charge is 2.38. The Morgan fingerprint density at radius 1 is 0.704 bits per heavy atom. The van der Waals surface area contributed by atoms with E-state index >= 15 is 0 Å². The molecule has 0 amide bonds. The van der Waals surface area contributed by atoms with E-state index in [0.29, 0.717) is 0 Å². The first-order valence-electron chi connectivity index (χ1n) is 10.3. The van der Waals surface area contributed by atoms with Gasteiger partial charge < -0.3 is 10.0 Å². The highest BCUT2D eigenvalue weighted by molar-refractivity contribution is 5.85. The number of rotatable bonds is 15. The molecule has 0 radical (unpaired) electrons. The lowest BCUT2D eigenvalue weighted by Crippen LogP contribution is -2.27. The number of nitrogens with zero attached hydrogens (tertiary/aromatic N) is 1. The molecule has 0 fully saturated rings. The zero-order chi connectivity index (χ0) is 20.3. The molecule has 7 heteroatoms. The molecule has 0 atom stereocenters. The molecule has 0 aromatic heterocycles. The van der Waals surface area contributed by atoms with E-state index in [2.05, 4.69) is 25.7 Å². The number of halogens is 4. The van der Waals surface area contributed by atoms with Gasteiger partial charge in [0, 0.05) is 0 Å². The second kappa shape index (κ2) is 21.8. The maximum atomic E-state index is 10.6. The molecule has 0 spiro atoms. The van der Waals surface area contributed by atoms with Gasteiger partial charge in [-0.05, 0) is 38.9 Å². The van der Waals surface area contributed by atoms with Crippen LogP contribution in [0.15, 0.2) is 0 Å². The lowest BCUT2D eigenvalue weighted by Gasteiger charge is -2.22. The van der Waals surface area contributed by atoms with Gasteiger partial charge in [-0.2, -0.15) is 13.2 Å². The van der Waals surface area contributed by atoms with Crippen LogP contribution in [0.5, 0.6) is 0 Å². The van der Waals surface area contributed by atoms with Crippen molar-refractivity contribution in [1.82, 2.24) is 4.90 Å². The second-order valence-electron chi connectivity index (χ2n) is 6.83. The summed E-state index contributed by atoms with van der Waals surface area (Å²) in [6.45, 7) is 10.9. The maximum Gasteiger partial charge on any atom is 0.490 e. The lowest BCUT2D eigenvalue weighted by molar-refractivity contribution is -0.192. The second-order valence-corrected chi connectivity index (χ2v) is 6.83. The van der Waals surface area contributed by atoms with E-state index in [9.17, 15) is 13.2 Å². The van der Waals surface area contributed by atoms with Crippen LogP contribution in [0.2, 0.25) is 0 Å². The van der Waals surface area contributed by atoms with E-state index < -0.39 is 12.1 Å². The first kappa shape index (κ1) is 31.2. The largest absolute Gasteiger partial charge is 0.490 e. The van der Waals surface area contributed by atoms with Crippen molar-refractivity contribution in [3.8, 4) is 0 Å². The summed E-state index contributed by atoms with van der Waals surface area (Å²) in [5, 5.41) is 7.12. The molecule has 0 aliphatic carbocycles. The summed E-state index contributed by atoms with van der Waals surface area (Å²) in [5.74, 6) is -2.76. The molecule has 0 unspecified atom stereocenters. The Labute approximate surface area is 170 Å². The van der Waals surface area contributed by atoms with Crippen LogP contribution >= 0.6 is 12.4 Å². The zero-order valence-corrected chi connectivity index (χ0v) is 18.3. The number of hydrogen-bond donors (Lipinski definition) is 1. The van der Waals surface area contributed by atoms with Gasteiger partial charge >= 0.3 is 12.1 Å². The van der Waals surface area contributed by atoms with Gasteiger partial charge in [0.25, 0.3) is 0 Å². The highest BCUT2D eigenvalue weighted by Crippen LogP contribution is 2.13.